The van der Waals surface area contributed by atoms with E-state index in [0.717, 1.165) is 23.0 Å². The van der Waals surface area contributed by atoms with Gasteiger partial charge in [-0.05, 0) is 57.0 Å². The van der Waals surface area contributed by atoms with Crippen LogP contribution >= 0.6 is 11.9 Å². The van der Waals surface area contributed by atoms with Gasteiger partial charge >= 0.3 is 0 Å². The normalized spacial score (nSPS) is 21.7. The minimum atomic E-state index is -1.02. The number of hydrogen-bond donors (Lipinski definition) is 1. The first kappa shape index (κ1) is 17.2. The first-order valence-electron chi connectivity index (χ1n) is 8.27. The summed E-state index contributed by atoms with van der Waals surface area (Å²) in [6.07, 6.45) is 1.53. The molecule has 0 spiro atoms. The van der Waals surface area contributed by atoms with Crippen molar-refractivity contribution < 1.29 is 13.9 Å². The number of fused-ring (bicyclic) bond motifs is 2. The van der Waals surface area contributed by atoms with Crippen molar-refractivity contribution in [2.75, 3.05) is 4.31 Å². The van der Waals surface area contributed by atoms with Crippen LogP contribution in [0, 0.1) is 11.6 Å². The van der Waals surface area contributed by atoms with E-state index in [-0.39, 0.29) is 5.52 Å². The third-order valence-electron chi connectivity index (χ3n) is 5.10. The number of rotatable bonds is 1. The topological polar surface area (TPSA) is 36.4 Å². The van der Waals surface area contributed by atoms with Crippen molar-refractivity contribution in [2.24, 2.45) is 0 Å². The van der Waals surface area contributed by atoms with Crippen LogP contribution in [-0.4, -0.2) is 14.8 Å². The number of halogens is 2. The monoisotopic (exact) mass is 372 g/mol. The van der Waals surface area contributed by atoms with Crippen LogP contribution in [-0.2, 0) is 5.60 Å². The molecule has 0 fully saturated rings. The Morgan fingerprint density at radius 3 is 2.58 bits per heavy atom. The summed E-state index contributed by atoms with van der Waals surface area (Å²) >= 11 is 1.48. The van der Waals surface area contributed by atoms with Crippen LogP contribution in [0.2, 0.25) is 0 Å². The zero-order chi connectivity index (χ0) is 18.7. The predicted octanol–water partition coefficient (Wildman–Crippen LogP) is 5.30. The average molecular weight is 372 g/mol. The Morgan fingerprint density at radius 2 is 1.81 bits per heavy atom. The highest BCUT2D eigenvalue weighted by Gasteiger charge is 2.49. The van der Waals surface area contributed by atoms with E-state index in [0.29, 0.717) is 5.39 Å². The van der Waals surface area contributed by atoms with E-state index in [9.17, 15) is 13.9 Å². The highest BCUT2D eigenvalue weighted by molar-refractivity contribution is 8.02. The molecule has 1 unspecified atom stereocenters. The number of nitrogens with zero attached hydrogens (tertiary/aromatic N) is 2. The Bertz CT molecular complexity index is 1020. The summed E-state index contributed by atoms with van der Waals surface area (Å²) < 4.78 is 28.9. The fourth-order valence-electron chi connectivity index (χ4n) is 3.19. The van der Waals surface area contributed by atoms with E-state index in [1.54, 1.807) is 6.07 Å². The molecule has 0 amide bonds. The van der Waals surface area contributed by atoms with Gasteiger partial charge in [0.15, 0.2) is 11.6 Å². The quantitative estimate of drug-likeness (QED) is 0.588. The number of anilines is 2. The molecule has 2 heterocycles. The van der Waals surface area contributed by atoms with Crippen molar-refractivity contribution in [3.8, 4) is 0 Å². The highest BCUT2D eigenvalue weighted by Crippen LogP contribution is 2.55. The van der Waals surface area contributed by atoms with Crippen LogP contribution in [0.15, 0.2) is 48.7 Å². The van der Waals surface area contributed by atoms with E-state index in [4.69, 9.17) is 0 Å². The molecule has 0 radical (unpaired) electrons. The first-order chi connectivity index (χ1) is 12.2. The van der Waals surface area contributed by atoms with Gasteiger partial charge in [-0.25, -0.2) is 8.78 Å². The molecule has 0 saturated heterocycles. The molecule has 4 rings (SSSR count). The van der Waals surface area contributed by atoms with Crippen molar-refractivity contribution in [2.45, 2.75) is 31.1 Å². The summed E-state index contributed by atoms with van der Waals surface area (Å²) in [5.74, 6) is -1.85. The van der Waals surface area contributed by atoms with E-state index in [2.05, 4.69) is 4.98 Å². The van der Waals surface area contributed by atoms with Gasteiger partial charge in [-0.1, -0.05) is 18.2 Å². The van der Waals surface area contributed by atoms with Crippen molar-refractivity contribution in [1.29, 1.82) is 0 Å². The van der Waals surface area contributed by atoms with Crippen molar-refractivity contribution in [3.63, 3.8) is 0 Å². The summed E-state index contributed by atoms with van der Waals surface area (Å²) in [4.78, 5) is 4.14. The molecule has 3 aromatic rings. The second kappa shape index (κ2) is 5.66. The molecule has 1 aliphatic rings. The lowest BCUT2D eigenvalue weighted by Gasteiger charge is -2.48. The number of para-hydroxylation sites is 1. The summed E-state index contributed by atoms with van der Waals surface area (Å²) in [6, 6.07) is 12.1. The largest absolute Gasteiger partial charge is 0.384 e. The van der Waals surface area contributed by atoms with Crippen LogP contribution in [0.3, 0.4) is 0 Å². The lowest BCUT2D eigenvalue weighted by atomic mass is 9.83. The second-order valence-corrected chi connectivity index (χ2v) is 8.68. The van der Waals surface area contributed by atoms with Gasteiger partial charge < -0.3 is 5.11 Å². The van der Waals surface area contributed by atoms with Gasteiger partial charge in [0.2, 0.25) is 0 Å². The number of aromatic nitrogens is 1. The molecule has 2 aromatic carbocycles. The van der Waals surface area contributed by atoms with Gasteiger partial charge in [-0.2, -0.15) is 0 Å². The minimum Gasteiger partial charge on any atom is -0.384 e. The molecule has 1 N–H and O–H groups in total. The summed E-state index contributed by atoms with van der Waals surface area (Å²) in [5.41, 5.74) is 1.39. The van der Waals surface area contributed by atoms with Crippen LogP contribution < -0.4 is 4.31 Å². The van der Waals surface area contributed by atoms with Crippen LogP contribution in [0.4, 0.5) is 20.2 Å². The molecule has 6 heteroatoms. The Kier molecular flexibility index (Phi) is 3.75. The second-order valence-electron chi connectivity index (χ2n) is 7.11. The maximum Gasteiger partial charge on any atom is 0.184 e. The SMILES string of the molecule is CC1(C)SN(c2cnc3c(F)c(F)ccc3c2)c2ccccc2C1(C)O. The minimum absolute atomic E-state index is 0.00954. The summed E-state index contributed by atoms with van der Waals surface area (Å²) in [5, 5.41) is 11.6. The molecule has 3 nitrogen and oxygen atoms in total. The maximum absolute atomic E-state index is 13.9. The Balaban J connectivity index is 1.90. The van der Waals surface area contributed by atoms with Gasteiger partial charge in [-0.15, -0.1) is 0 Å². The Labute approximate surface area is 154 Å². The maximum atomic E-state index is 13.9. The van der Waals surface area contributed by atoms with Gasteiger partial charge in [0.25, 0.3) is 0 Å². The predicted molar refractivity (Wildman–Crippen MR) is 101 cm³/mol. The third kappa shape index (κ3) is 2.40. The molecule has 1 aliphatic heterocycles. The number of benzene rings is 2. The van der Waals surface area contributed by atoms with E-state index >= 15 is 0 Å². The Morgan fingerprint density at radius 1 is 1.08 bits per heavy atom. The van der Waals surface area contributed by atoms with E-state index < -0.39 is 22.0 Å². The molecule has 0 aliphatic carbocycles. The molecule has 0 bridgehead atoms. The van der Waals surface area contributed by atoms with E-state index in [1.807, 2.05) is 49.3 Å². The summed E-state index contributed by atoms with van der Waals surface area (Å²) in [7, 11) is 0. The molecule has 1 atom stereocenters. The lowest BCUT2D eigenvalue weighted by Crippen LogP contribution is -2.48. The molecule has 1 aromatic heterocycles. The van der Waals surface area contributed by atoms with E-state index in [1.165, 1.54) is 24.2 Å². The number of pyridine rings is 1. The molecular weight excluding hydrogens is 354 g/mol. The smallest absolute Gasteiger partial charge is 0.184 e. The standard InChI is InChI=1S/C20H18F2N2OS/c1-19(2)20(3,25)14-6-4-5-7-16(14)24(26-19)13-10-12-8-9-15(21)17(22)18(12)23-11-13/h4-11,25H,1-3H3. The summed E-state index contributed by atoms with van der Waals surface area (Å²) in [6.45, 7) is 5.77. The fourth-order valence-corrected chi connectivity index (χ4v) is 4.39. The van der Waals surface area contributed by atoms with Crippen molar-refractivity contribution in [3.05, 3.63) is 65.9 Å². The molecule has 0 saturated carbocycles. The van der Waals surface area contributed by atoms with Crippen LogP contribution in [0.5, 0.6) is 0 Å². The van der Waals surface area contributed by atoms with Crippen molar-refractivity contribution in [1.82, 2.24) is 4.98 Å². The number of aliphatic hydroxyl groups is 1. The molecule has 26 heavy (non-hydrogen) atoms. The van der Waals surface area contributed by atoms with Gasteiger partial charge in [0.05, 0.1) is 22.3 Å². The first-order valence-corrected chi connectivity index (χ1v) is 9.04. The zero-order valence-electron chi connectivity index (χ0n) is 14.6. The van der Waals surface area contributed by atoms with Crippen LogP contribution in [0.25, 0.3) is 10.9 Å². The molecular formula is C20H18F2N2OS. The highest BCUT2D eigenvalue weighted by atomic mass is 32.2. The van der Waals surface area contributed by atoms with Gasteiger partial charge in [0, 0.05) is 10.9 Å². The fraction of sp³-hybridized carbons (Fsp3) is 0.250. The average Bonchev–Trinajstić information content (AvgIpc) is 2.61. The Hall–Kier alpha value is -2.18. The van der Waals surface area contributed by atoms with Gasteiger partial charge in [0.1, 0.15) is 11.1 Å². The number of hydrogen-bond acceptors (Lipinski definition) is 4. The zero-order valence-corrected chi connectivity index (χ0v) is 15.4. The lowest BCUT2D eigenvalue weighted by molar-refractivity contribution is 0.0250. The third-order valence-corrected chi connectivity index (χ3v) is 6.55. The van der Waals surface area contributed by atoms with Crippen LogP contribution in [0.1, 0.15) is 26.3 Å². The van der Waals surface area contributed by atoms with Gasteiger partial charge in [-0.3, -0.25) is 9.29 Å². The van der Waals surface area contributed by atoms with Crippen molar-refractivity contribution >= 4 is 34.2 Å². The molecule has 134 valence electrons.